The van der Waals surface area contributed by atoms with Crippen molar-refractivity contribution in [1.82, 2.24) is 0 Å². The molecule has 2 saturated heterocycles. The Balaban J connectivity index is 0. The number of hydrogen-bond donors (Lipinski definition) is 0. The van der Waals surface area contributed by atoms with Crippen LogP contribution in [0.15, 0.2) is 37.5 Å². The minimum Gasteiger partial charge on any atom is -0.369 e. The van der Waals surface area contributed by atoms with Crippen LogP contribution >= 0.6 is 23.2 Å². The fraction of sp³-hybridized carbons (Fsp3) is 0.739. The molecule has 0 aliphatic carbocycles. The van der Waals surface area contributed by atoms with Gasteiger partial charge in [-0.2, -0.15) is 0 Å². The maximum atomic E-state index is 5.64. The molecule has 0 aromatic heterocycles. The summed E-state index contributed by atoms with van der Waals surface area (Å²) in [6, 6.07) is 0. The van der Waals surface area contributed by atoms with E-state index in [-0.39, 0.29) is 49.2 Å². The van der Waals surface area contributed by atoms with Crippen molar-refractivity contribution in [2.75, 3.05) is 31.8 Å². The summed E-state index contributed by atoms with van der Waals surface area (Å²) in [4.78, 5) is 0. The van der Waals surface area contributed by atoms with Crippen molar-refractivity contribution in [2.45, 2.75) is 77.5 Å². The zero-order valence-corrected chi connectivity index (χ0v) is 23.4. The van der Waals surface area contributed by atoms with Crippen LogP contribution in [0.25, 0.3) is 0 Å². The molecule has 0 bridgehead atoms. The number of ether oxygens (including phenoxy) is 6. The first kappa shape index (κ1) is 34.4. The van der Waals surface area contributed by atoms with E-state index < -0.39 is 11.6 Å². The molecule has 190 valence electrons. The quantitative estimate of drug-likeness (QED) is 0.250. The van der Waals surface area contributed by atoms with Gasteiger partial charge in [0.15, 0.2) is 11.6 Å². The fourth-order valence-electron chi connectivity index (χ4n) is 2.84. The molecule has 0 amide bonds. The molecule has 3 aliphatic heterocycles. The molecule has 0 aromatic rings. The average molecular weight is 585 g/mol. The van der Waals surface area contributed by atoms with Gasteiger partial charge in [0.1, 0.15) is 24.4 Å². The summed E-state index contributed by atoms with van der Waals surface area (Å²) in [5, 5.41) is 0.194. The van der Waals surface area contributed by atoms with E-state index in [4.69, 9.17) is 51.6 Å². The molecule has 0 saturated carbocycles. The number of hydrogen-bond acceptors (Lipinski definition) is 6. The van der Waals surface area contributed by atoms with E-state index in [1.807, 2.05) is 47.6 Å². The van der Waals surface area contributed by atoms with Gasteiger partial charge >= 0.3 is 0 Å². The Morgan fingerprint density at radius 1 is 1.03 bits per heavy atom. The molecule has 0 N–H and O–H groups in total. The number of alkyl halides is 2. The molecule has 0 radical (unpaired) electrons. The van der Waals surface area contributed by atoms with E-state index in [0.29, 0.717) is 26.4 Å². The average Bonchev–Trinajstić information content (AvgIpc) is 2.74. The van der Waals surface area contributed by atoms with Crippen LogP contribution in [-0.2, 0) is 47.9 Å². The summed E-state index contributed by atoms with van der Waals surface area (Å²) in [5.41, 5.74) is 0. The first-order valence-electron chi connectivity index (χ1n) is 10.6. The van der Waals surface area contributed by atoms with Crippen LogP contribution in [0, 0.1) is 0 Å². The Kier molecular flexibility index (Phi) is 19.9. The maximum Gasteiger partial charge on any atom is 0.163 e. The van der Waals surface area contributed by atoms with E-state index in [2.05, 4.69) is 19.2 Å². The third-order valence-electron chi connectivity index (χ3n) is 4.16. The van der Waals surface area contributed by atoms with E-state index in [1.165, 1.54) is 0 Å². The molecule has 3 rings (SSSR count). The van der Waals surface area contributed by atoms with E-state index in [9.17, 15) is 0 Å². The second-order valence-corrected chi connectivity index (χ2v) is 8.19. The van der Waals surface area contributed by atoms with Crippen molar-refractivity contribution in [2.24, 2.45) is 0 Å². The van der Waals surface area contributed by atoms with Gasteiger partial charge in [-0.3, -0.25) is 0 Å². The summed E-state index contributed by atoms with van der Waals surface area (Å²) >= 11 is 9.53. The molecule has 32 heavy (non-hydrogen) atoms. The van der Waals surface area contributed by atoms with Crippen molar-refractivity contribution >= 4 is 23.2 Å². The predicted molar refractivity (Wildman–Crippen MR) is 127 cm³/mol. The summed E-state index contributed by atoms with van der Waals surface area (Å²) in [5.74, 6) is -1.01. The second kappa shape index (κ2) is 18.5. The monoisotopic (exact) mass is 584 g/mol. The van der Waals surface area contributed by atoms with E-state index in [1.54, 1.807) is 12.2 Å². The summed E-state index contributed by atoms with van der Waals surface area (Å²) in [7, 11) is 0. The predicted octanol–water partition coefficient (Wildman–Crippen LogP) is 5.43. The molecule has 4 atom stereocenters. The van der Waals surface area contributed by atoms with Gasteiger partial charge in [0.05, 0.1) is 31.8 Å². The van der Waals surface area contributed by atoms with Crippen LogP contribution in [0.3, 0.4) is 0 Å². The van der Waals surface area contributed by atoms with Crippen molar-refractivity contribution < 1.29 is 47.9 Å². The van der Waals surface area contributed by atoms with E-state index >= 15 is 0 Å². The van der Waals surface area contributed by atoms with Crippen LogP contribution in [0.4, 0.5) is 0 Å². The topological polar surface area (TPSA) is 55.4 Å². The SMILES string of the molecule is C=CCO[C@H]1COC(C)(C)O[C@H]1C=C.CC.CC1(C)OC[C@@H]2OCC=C[C@@H]2O1.ClCCl.[Ru]. The molecule has 3 aliphatic rings. The fourth-order valence-corrected chi connectivity index (χ4v) is 2.84. The van der Waals surface area contributed by atoms with Crippen LogP contribution in [-0.4, -0.2) is 67.8 Å². The van der Waals surface area contributed by atoms with Crippen molar-refractivity contribution in [1.29, 1.82) is 0 Å². The van der Waals surface area contributed by atoms with Gasteiger partial charge in [-0.1, -0.05) is 38.2 Å². The third kappa shape index (κ3) is 13.8. The summed E-state index contributed by atoms with van der Waals surface area (Å²) in [6.45, 7) is 21.3. The second-order valence-electron chi connectivity index (χ2n) is 7.38. The van der Waals surface area contributed by atoms with Gasteiger partial charge in [-0.05, 0) is 27.7 Å². The molecule has 0 unspecified atom stereocenters. The molecule has 3 heterocycles. The zero-order chi connectivity index (χ0) is 23.9. The van der Waals surface area contributed by atoms with Crippen LogP contribution in [0.1, 0.15) is 41.5 Å². The Labute approximate surface area is 217 Å². The smallest absolute Gasteiger partial charge is 0.163 e. The van der Waals surface area contributed by atoms with Crippen LogP contribution in [0.2, 0.25) is 0 Å². The first-order chi connectivity index (χ1) is 14.7. The van der Waals surface area contributed by atoms with Gasteiger partial charge in [-0.15, -0.1) is 36.4 Å². The van der Waals surface area contributed by atoms with E-state index in [0.717, 1.165) is 0 Å². The minimum atomic E-state index is -0.549. The van der Waals surface area contributed by atoms with Gasteiger partial charge in [0, 0.05) is 19.5 Å². The molecular formula is C23H40Cl2O6Ru. The molecule has 0 spiro atoms. The Morgan fingerprint density at radius 3 is 2.16 bits per heavy atom. The van der Waals surface area contributed by atoms with Gasteiger partial charge in [0.2, 0.25) is 0 Å². The molecular weight excluding hydrogens is 544 g/mol. The normalized spacial score (nSPS) is 29.0. The molecule has 6 nitrogen and oxygen atoms in total. The maximum absolute atomic E-state index is 5.64. The number of halogens is 2. The van der Waals surface area contributed by atoms with Gasteiger partial charge in [-0.25, -0.2) is 0 Å². The summed E-state index contributed by atoms with van der Waals surface area (Å²) < 4.78 is 33.1. The van der Waals surface area contributed by atoms with Crippen LogP contribution < -0.4 is 0 Å². The zero-order valence-electron chi connectivity index (χ0n) is 20.1. The minimum absolute atomic E-state index is 0. The Hall–Kier alpha value is 0.183. The third-order valence-corrected chi connectivity index (χ3v) is 4.16. The standard InChI is InChI=1S/C11H18O3.C9H14O3.C2H6.CH2Cl2.Ru/c1-5-7-12-10-8-13-11(3,4)14-9(10)6-2;1-9(2)11-6-8-7(12-9)4-3-5-10-8;1-2;2-1-3;/h5-6,9-10H,1-2,7-8H2,3-4H3;3-4,7-8H,5-6H2,1-2H3;1-2H3;1H2;/t9-,10-;7-,8-;;;/m00.../s1. The molecule has 0 aromatic carbocycles. The Morgan fingerprint density at radius 2 is 1.59 bits per heavy atom. The number of rotatable bonds is 4. The molecule has 2 fully saturated rings. The largest absolute Gasteiger partial charge is 0.369 e. The van der Waals surface area contributed by atoms with Crippen molar-refractivity contribution in [3.05, 3.63) is 37.5 Å². The Bertz CT molecular complexity index is 531. The number of fused-ring (bicyclic) bond motifs is 1. The van der Waals surface area contributed by atoms with Crippen LogP contribution in [0.5, 0.6) is 0 Å². The summed E-state index contributed by atoms with van der Waals surface area (Å²) in [6.07, 6.45) is 7.46. The molecule has 9 heteroatoms. The first-order valence-corrected chi connectivity index (χ1v) is 11.6. The van der Waals surface area contributed by atoms with Crippen molar-refractivity contribution in [3.8, 4) is 0 Å². The van der Waals surface area contributed by atoms with Gasteiger partial charge in [0.25, 0.3) is 0 Å². The van der Waals surface area contributed by atoms with Gasteiger partial charge < -0.3 is 28.4 Å². The van der Waals surface area contributed by atoms with Crippen molar-refractivity contribution in [3.63, 3.8) is 0 Å².